The van der Waals surface area contributed by atoms with Crippen molar-refractivity contribution in [3.63, 3.8) is 0 Å². The van der Waals surface area contributed by atoms with Crippen LogP contribution in [0.5, 0.6) is 0 Å². The molecule has 0 bridgehead atoms. The summed E-state index contributed by atoms with van der Waals surface area (Å²) >= 11 is 6.88. The minimum Gasteiger partial charge on any atom is -0.389 e. The van der Waals surface area contributed by atoms with Crippen molar-refractivity contribution >= 4 is 31.9 Å². The predicted molar refractivity (Wildman–Crippen MR) is 125 cm³/mol. The van der Waals surface area contributed by atoms with E-state index >= 15 is 0 Å². The maximum atomic E-state index is 9.17. The second-order valence-corrected chi connectivity index (χ2v) is 8.00. The molecule has 1 heterocycles. The zero-order valence-corrected chi connectivity index (χ0v) is 18.4. The topological polar surface area (TPSA) is 38.7 Å². The molecule has 1 aliphatic rings. The molecule has 28 heavy (non-hydrogen) atoms. The smallest absolute Gasteiger partial charge is 0.158 e. The molecule has 1 saturated heterocycles. The van der Waals surface area contributed by atoms with Gasteiger partial charge in [0.25, 0.3) is 0 Å². The largest absolute Gasteiger partial charge is 0.389 e. The lowest BCUT2D eigenvalue weighted by molar-refractivity contribution is -0.186. The summed E-state index contributed by atoms with van der Waals surface area (Å²) in [6.45, 7) is 4.64. The number of benzene rings is 2. The first-order valence-electron chi connectivity index (χ1n) is 8.93. The van der Waals surface area contributed by atoms with E-state index in [1.54, 1.807) is 6.92 Å². The van der Waals surface area contributed by atoms with Crippen molar-refractivity contribution in [2.75, 3.05) is 6.61 Å². The van der Waals surface area contributed by atoms with Crippen molar-refractivity contribution in [2.45, 2.75) is 66.5 Å². The lowest BCUT2D eigenvalue weighted by atomic mass is 10.1. The Bertz CT molecular complexity index is 670. The van der Waals surface area contributed by atoms with Crippen molar-refractivity contribution in [3.8, 4) is 0 Å². The van der Waals surface area contributed by atoms with Gasteiger partial charge in [0.1, 0.15) is 0 Å². The molecular weight excluding hydrogens is 484 g/mol. The normalized spacial score (nSPS) is 17.8. The van der Waals surface area contributed by atoms with E-state index in [4.69, 9.17) is 9.47 Å². The van der Waals surface area contributed by atoms with Gasteiger partial charge in [-0.25, -0.2) is 0 Å². The summed E-state index contributed by atoms with van der Waals surface area (Å²) in [7, 11) is 0. The summed E-state index contributed by atoms with van der Waals surface area (Å²) in [6, 6.07) is 15.8. The molecule has 0 aliphatic carbocycles. The summed E-state index contributed by atoms with van der Waals surface area (Å²) in [5.41, 5.74) is 2.11. The Hall–Kier alpha value is -0.720. The van der Waals surface area contributed by atoms with Crippen LogP contribution in [0.4, 0.5) is 0 Å². The van der Waals surface area contributed by atoms with Crippen LogP contribution in [0.15, 0.2) is 57.5 Å². The average molecular weight is 518 g/mol. The van der Waals surface area contributed by atoms with Gasteiger partial charge in [0, 0.05) is 15.6 Å². The van der Waals surface area contributed by atoms with E-state index in [1.165, 1.54) is 12.0 Å². The van der Waals surface area contributed by atoms with Gasteiger partial charge in [-0.3, -0.25) is 0 Å². The minimum absolute atomic E-state index is 0. The number of hydrogen-bond acceptors (Lipinski definition) is 3. The van der Waals surface area contributed by atoms with Gasteiger partial charge in [-0.1, -0.05) is 83.1 Å². The first kappa shape index (κ1) is 27.3. The molecule has 1 unspecified atom stereocenters. The molecule has 0 radical (unpaired) electrons. The Labute approximate surface area is 187 Å². The van der Waals surface area contributed by atoms with Gasteiger partial charge < -0.3 is 14.6 Å². The molecule has 2 aromatic rings. The Kier molecular flexibility index (Phi) is 13.9. The number of ether oxygens (including phenoxy) is 2. The third-order valence-corrected chi connectivity index (χ3v) is 5.64. The van der Waals surface area contributed by atoms with Crippen LogP contribution < -0.4 is 0 Å². The summed E-state index contributed by atoms with van der Waals surface area (Å²) in [6.07, 6.45) is 3.01. The van der Waals surface area contributed by atoms with Gasteiger partial charge >= 0.3 is 0 Å². The highest BCUT2D eigenvalue weighted by molar-refractivity contribution is 9.10. The maximum Gasteiger partial charge on any atom is 0.158 e. The summed E-state index contributed by atoms with van der Waals surface area (Å²) in [5, 5.41) is 9.17. The van der Waals surface area contributed by atoms with Crippen LogP contribution in [0.3, 0.4) is 0 Å². The molecule has 0 aromatic heterocycles. The molecule has 158 valence electrons. The standard InChI is InChI=1S/C13H17BrO2.C8H9BrO.2CH4/c1-10(11-6-2-3-7-12(11)14)16-13-8-4-5-9-15-13;1-6(10)7-4-2-3-5-8(7)9;;/h2-3,6-7,10,13H,4-5,8-9H2,1H3;2-6,10H,1H3;2*1H4/t10-,13?;6-;;/m11../s1. The summed E-state index contributed by atoms with van der Waals surface area (Å²) < 4.78 is 13.5. The van der Waals surface area contributed by atoms with Gasteiger partial charge in [-0.15, -0.1) is 0 Å². The number of rotatable bonds is 4. The van der Waals surface area contributed by atoms with Crippen molar-refractivity contribution in [1.29, 1.82) is 0 Å². The van der Waals surface area contributed by atoms with Gasteiger partial charge in [0.05, 0.1) is 12.2 Å². The van der Waals surface area contributed by atoms with E-state index in [2.05, 4.69) is 44.8 Å². The van der Waals surface area contributed by atoms with Crippen LogP contribution >= 0.6 is 31.9 Å². The third kappa shape index (κ3) is 8.75. The van der Waals surface area contributed by atoms with Crippen molar-refractivity contribution < 1.29 is 14.6 Å². The van der Waals surface area contributed by atoms with Crippen LogP contribution in [0.2, 0.25) is 0 Å². The highest BCUT2D eigenvalue weighted by atomic mass is 79.9. The Morgan fingerprint density at radius 2 is 1.46 bits per heavy atom. The monoisotopic (exact) mass is 516 g/mol. The predicted octanol–water partition coefficient (Wildman–Crippen LogP) is 7.83. The van der Waals surface area contributed by atoms with E-state index in [0.29, 0.717) is 0 Å². The fraction of sp³-hybridized carbons (Fsp3) is 0.478. The third-order valence-electron chi connectivity index (χ3n) is 4.19. The molecule has 1 fully saturated rings. The molecule has 0 saturated carbocycles. The minimum atomic E-state index is -0.393. The maximum absolute atomic E-state index is 9.17. The number of aliphatic hydroxyl groups is 1. The Balaban J connectivity index is 0.000000532. The first-order chi connectivity index (χ1) is 12.5. The van der Waals surface area contributed by atoms with Crippen molar-refractivity contribution in [3.05, 3.63) is 68.6 Å². The second-order valence-electron chi connectivity index (χ2n) is 6.29. The van der Waals surface area contributed by atoms with Gasteiger partial charge in [-0.05, 0) is 56.4 Å². The molecule has 1 N–H and O–H groups in total. The van der Waals surface area contributed by atoms with E-state index < -0.39 is 6.10 Å². The molecule has 0 amide bonds. The Morgan fingerprint density at radius 3 is 1.89 bits per heavy atom. The van der Waals surface area contributed by atoms with Crippen LogP contribution in [-0.4, -0.2) is 18.0 Å². The summed E-state index contributed by atoms with van der Waals surface area (Å²) in [4.78, 5) is 0. The highest BCUT2D eigenvalue weighted by Crippen LogP contribution is 2.28. The van der Waals surface area contributed by atoms with E-state index in [-0.39, 0.29) is 27.2 Å². The zero-order chi connectivity index (χ0) is 18.9. The second kappa shape index (κ2) is 14.3. The van der Waals surface area contributed by atoms with Crippen LogP contribution in [0, 0.1) is 0 Å². The number of halogens is 2. The van der Waals surface area contributed by atoms with Crippen molar-refractivity contribution in [2.24, 2.45) is 0 Å². The lowest BCUT2D eigenvalue weighted by Crippen LogP contribution is -2.23. The number of hydrogen-bond donors (Lipinski definition) is 1. The molecular formula is C23H34Br2O3. The van der Waals surface area contributed by atoms with Gasteiger partial charge in [-0.2, -0.15) is 0 Å². The van der Waals surface area contributed by atoms with Gasteiger partial charge in [0.2, 0.25) is 0 Å². The Morgan fingerprint density at radius 1 is 0.929 bits per heavy atom. The average Bonchev–Trinajstić information content (AvgIpc) is 2.63. The molecule has 3 atom stereocenters. The van der Waals surface area contributed by atoms with Crippen molar-refractivity contribution in [1.82, 2.24) is 0 Å². The van der Waals surface area contributed by atoms with Gasteiger partial charge in [0.15, 0.2) is 6.29 Å². The quantitative estimate of drug-likeness (QED) is 0.449. The lowest BCUT2D eigenvalue weighted by Gasteiger charge is -2.26. The zero-order valence-electron chi connectivity index (χ0n) is 15.2. The molecule has 0 spiro atoms. The molecule has 5 heteroatoms. The van der Waals surface area contributed by atoms with Crippen LogP contribution in [0.25, 0.3) is 0 Å². The summed E-state index contributed by atoms with van der Waals surface area (Å²) in [5.74, 6) is 0. The van der Waals surface area contributed by atoms with Crippen LogP contribution in [0.1, 0.15) is 71.3 Å². The molecule has 2 aromatic carbocycles. The van der Waals surface area contributed by atoms with Crippen LogP contribution in [-0.2, 0) is 9.47 Å². The molecule has 3 nitrogen and oxygen atoms in total. The fourth-order valence-electron chi connectivity index (χ4n) is 2.74. The fourth-order valence-corrected chi connectivity index (χ4v) is 3.96. The van der Waals surface area contributed by atoms with E-state index in [0.717, 1.165) is 34.0 Å². The van der Waals surface area contributed by atoms with E-state index in [9.17, 15) is 5.11 Å². The molecule has 3 rings (SSSR count). The van der Waals surface area contributed by atoms with E-state index in [1.807, 2.05) is 42.5 Å². The molecule has 1 aliphatic heterocycles. The number of aliphatic hydroxyl groups excluding tert-OH is 1. The SMILES string of the molecule is C.C.C[C@@H](O)c1ccccc1Br.C[C@@H](OC1CCCCO1)c1ccccc1Br. The highest BCUT2D eigenvalue weighted by Gasteiger charge is 2.19. The first-order valence-corrected chi connectivity index (χ1v) is 10.5.